The number of aryl methyl sites for hydroxylation is 1. The zero-order valence-electron chi connectivity index (χ0n) is 10.9. The standard InChI is InChI=1S/C14H17FN2O2/c1-9-4-5-10(7-12(9)15)14(19)17-6-2-3-11(8-17)13(16)18/h4-5,7,11H,2-3,6,8H2,1H3,(H2,16,18). The molecular weight excluding hydrogens is 247 g/mol. The molecule has 1 fully saturated rings. The van der Waals surface area contributed by atoms with E-state index in [9.17, 15) is 14.0 Å². The number of halogens is 1. The number of carbonyl (C=O) groups excluding carboxylic acids is 2. The van der Waals surface area contributed by atoms with E-state index in [1.165, 1.54) is 6.07 Å². The largest absolute Gasteiger partial charge is 0.369 e. The quantitative estimate of drug-likeness (QED) is 0.879. The Kier molecular flexibility index (Phi) is 3.83. The van der Waals surface area contributed by atoms with Crippen molar-refractivity contribution in [1.29, 1.82) is 0 Å². The summed E-state index contributed by atoms with van der Waals surface area (Å²) in [5, 5.41) is 0. The lowest BCUT2D eigenvalue weighted by atomic mass is 9.97. The summed E-state index contributed by atoms with van der Waals surface area (Å²) in [6.45, 7) is 2.55. The van der Waals surface area contributed by atoms with Crippen LogP contribution in [0.5, 0.6) is 0 Å². The van der Waals surface area contributed by atoms with Crippen molar-refractivity contribution in [2.24, 2.45) is 11.7 Å². The summed E-state index contributed by atoms with van der Waals surface area (Å²) in [7, 11) is 0. The van der Waals surface area contributed by atoms with E-state index in [0.29, 0.717) is 30.6 Å². The van der Waals surface area contributed by atoms with E-state index in [1.54, 1.807) is 24.0 Å². The number of nitrogens with zero attached hydrogens (tertiary/aromatic N) is 1. The summed E-state index contributed by atoms with van der Waals surface area (Å²) < 4.78 is 13.5. The van der Waals surface area contributed by atoms with Crippen LogP contribution in [-0.2, 0) is 4.79 Å². The van der Waals surface area contributed by atoms with Gasteiger partial charge in [0.2, 0.25) is 5.91 Å². The Hall–Kier alpha value is -1.91. The Balaban J connectivity index is 2.14. The average Bonchev–Trinajstić information content (AvgIpc) is 2.41. The first-order valence-corrected chi connectivity index (χ1v) is 6.34. The van der Waals surface area contributed by atoms with Crippen molar-refractivity contribution in [3.05, 3.63) is 35.1 Å². The van der Waals surface area contributed by atoms with Crippen LogP contribution >= 0.6 is 0 Å². The molecule has 0 spiro atoms. The zero-order valence-corrected chi connectivity index (χ0v) is 10.9. The third kappa shape index (κ3) is 2.92. The molecule has 2 rings (SSSR count). The fourth-order valence-electron chi connectivity index (χ4n) is 2.30. The van der Waals surface area contributed by atoms with Crippen molar-refractivity contribution in [3.8, 4) is 0 Å². The third-order valence-corrected chi connectivity index (χ3v) is 3.53. The van der Waals surface area contributed by atoms with Crippen molar-refractivity contribution < 1.29 is 14.0 Å². The molecule has 1 heterocycles. The number of benzene rings is 1. The van der Waals surface area contributed by atoms with Crippen LogP contribution < -0.4 is 5.73 Å². The number of likely N-dealkylation sites (tertiary alicyclic amines) is 1. The first-order chi connectivity index (χ1) is 8.99. The van der Waals surface area contributed by atoms with Crippen LogP contribution in [0, 0.1) is 18.7 Å². The van der Waals surface area contributed by atoms with E-state index in [-0.39, 0.29) is 17.7 Å². The first kappa shape index (κ1) is 13.5. The van der Waals surface area contributed by atoms with E-state index in [2.05, 4.69) is 0 Å². The van der Waals surface area contributed by atoms with Gasteiger partial charge < -0.3 is 10.6 Å². The smallest absolute Gasteiger partial charge is 0.253 e. The molecule has 0 aliphatic carbocycles. The second-order valence-electron chi connectivity index (χ2n) is 4.96. The highest BCUT2D eigenvalue weighted by molar-refractivity contribution is 5.94. The van der Waals surface area contributed by atoms with Gasteiger partial charge in [-0.15, -0.1) is 0 Å². The predicted molar refractivity (Wildman–Crippen MR) is 69.0 cm³/mol. The first-order valence-electron chi connectivity index (χ1n) is 6.34. The summed E-state index contributed by atoms with van der Waals surface area (Å²) in [6, 6.07) is 4.43. The fraction of sp³-hybridized carbons (Fsp3) is 0.429. The molecule has 0 saturated carbocycles. The maximum Gasteiger partial charge on any atom is 0.253 e. The maximum atomic E-state index is 13.5. The van der Waals surface area contributed by atoms with Crippen molar-refractivity contribution in [2.45, 2.75) is 19.8 Å². The third-order valence-electron chi connectivity index (χ3n) is 3.53. The van der Waals surface area contributed by atoms with Gasteiger partial charge in [0.05, 0.1) is 5.92 Å². The number of hydrogen-bond donors (Lipinski definition) is 1. The molecule has 102 valence electrons. The summed E-state index contributed by atoms with van der Waals surface area (Å²) >= 11 is 0. The van der Waals surface area contributed by atoms with Gasteiger partial charge in [-0.2, -0.15) is 0 Å². The molecule has 19 heavy (non-hydrogen) atoms. The Bertz CT molecular complexity index is 516. The molecule has 4 nitrogen and oxygen atoms in total. The minimum atomic E-state index is -0.394. The van der Waals surface area contributed by atoms with Gasteiger partial charge >= 0.3 is 0 Å². The van der Waals surface area contributed by atoms with Crippen molar-refractivity contribution in [3.63, 3.8) is 0 Å². The van der Waals surface area contributed by atoms with E-state index < -0.39 is 5.82 Å². The molecule has 0 radical (unpaired) electrons. The normalized spacial score (nSPS) is 19.3. The minimum Gasteiger partial charge on any atom is -0.369 e. The van der Waals surface area contributed by atoms with Gasteiger partial charge in [0.1, 0.15) is 5.82 Å². The van der Waals surface area contributed by atoms with Crippen molar-refractivity contribution >= 4 is 11.8 Å². The number of amides is 2. The zero-order chi connectivity index (χ0) is 14.0. The number of nitrogens with two attached hydrogens (primary N) is 1. The van der Waals surface area contributed by atoms with Gasteiger partial charge in [0.25, 0.3) is 5.91 Å². The predicted octanol–water partition coefficient (Wildman–Crippen LogP) is 1.47. The van der Waals surface area contributed by atoms with E-state index >= 15 is 0 Å². The maximum absolute atomic E-state index is 13.5. The summed E-state index contributed by atoms with van der Waals surface area (Å²) in [5.74, 6) is -1.32. The highest BCUT2D eigenvalue weighted by atomic mass is 19.1. The lowest BCUT2D eigenvalue weighted by Crippen LogP contribution is -2.44. The SMILES string of the molecule is Cc1ccc(C(=O)N2CCCC(C(N)=O)C2)cc1F. The Labute approximate surface area is 111 Å². The van der Waals surface area contributed by atoms with Gasteiger partial charge in [-0.05, 0) is 37.5 Å². The van der Waals surface area contributed by atoms with Gasteiger partial charge in [-0.3, -0.25) is 9.59 Å². The molecular formula is C14H17FN2O2. The lowest BCUT2D eigenvalue weighted by Gasteiger charge is -2.31. The Morgan fingerprint density at radius 1 is 1.42 bits per heavy atom. The monoisotopic (exact) mass is 264 g/mol. The summed E-state index contributed by atoms with van der Waals surface area (Å²) in [6.07, 6.45) is 1.45. The molecule has 1 aromatic carbocycles. The molecule has 1 saturated heterocycles. The molecule has 5 heteroatoms. The highest BCUT2D eigenvalue weighted by Crippen LogP contribution is 2.19. The van der Waals surface area contributed by atoms with Crippen LogP contribution in [0.1, 0.15) is 28.8 Å². The summed E-state index contributed by atoms with van der Waals surface area (Å²) in [4.78, 5) is 25.0. The number of rotatable bonds is 2. The average molecular weight is 264 g/mol. The number of piperidine rings is 1. The molecule has 0 aromatic heterocycles. The van der Waals surface area contributed by atoms with Gasteiger partial charge in [0.15, 0.2) is 0 Å². The van der Waals surface area contributed by atoms with Crippen LogP contribution in [0.2, 0.25) is 0 Å². The second kappa shape index (κ2) is 5.38. The van der Waals surface area contributed by atoms with E-state index in [1.807, 2.05) is 0 Å². The topological polar surface area (TPSA) is 63.4 Å². The second-order valence-corrected chi connectivity index (χ2v) is 4.96. The van der Waals surface area contributed by atoms with Crippen LogP contribution in [-0.4, -0.2) is 29.8 Å². The molecule has 1 aliphatic heterocycles. The highest BCUT2D eigenvalue weighted by Gasteiger charge is 2.27. The van der Waals surface area contributed by atoms with Crippen molar-refractivity contribution in [1.82, 2.24) is 4.90 Å². The van der Waals surface area contributed by atoms with Crippen molar-refractivity contribution in [2.75, 3.05) is 13.1 Å². The number of hydrogen-bond acceptors (Lipinski definition) is 2. The molecule has 1 aromatic rings. The van der Waals surface area contributed by atoms with Crippen LogP contribution in [0.15, 0.2) is 18.2 Å². The molecule has 1 unspecified atom stereocenters. The molecule has 1 aliphatic rings. The molecule has 2 amide bonds. The van der Waals surface area contributed by atoms with Crippen LogP contribution in [0.25, 0.3) is 0 Å². The lowest BCUT2D eigenvalue weighted by molar-refractivity contribution is -0.123. The fourth-order valence-corrected chi connectivity index (χ4v) is 2.30. The Morgan fingerprint density at radius 3 is 2.79 bits per heavy atom. The molecule has 1 atom stereocenters. The van der Waals surface area contributed by atoms with E-state index in [0.717, 1.165) is 6.42 Å². The molecule has 0 bridgehead atoms. The Morgan fingerprint density at radius 2 is 2.16 bits per heavy atom. The number of primary amides is 1. The van der Waals surface area contributed by atoms with Crippen LogP contribution in [0.4, 0.5) is 4.39 Å². The minimum absolute atomic E-state index is 0.246. The van der Waals surface area contributed by atoms with E-state index in [4.69, 9.17) is 5.73 Å². The van der Waals surface area contributed by atoms with Gasteiger partial charge in [0, 0.05) is 18.7 Å². The van der Waals surface area contributed by atoms with Gasteiger partial charge in [-0.25, -0.2) is 4.39 Å². The number of carbonyl (C=O) groups is 2. The van der Waals surface area contributed by atoms with Crippen LogP contribution in [0.3, 0.4) is 0 Å². The summed E-state index contributed by atoms with van der Waals surface area (Å²) in [5.41, 5.74) is 6.09. The van der Waals surface area contributed by atoms with Gasteiger partial charge in [-0.1, -0.05) is 6.07 Å². The molecule has 2 N–H and O–H groups in total.